The SMILES string of the molecule is CCCCc1ccc(NC(=O)C(Cc2ccccc2)NS(=O)(=O)c2cc(Cl)ccc2OCC)cc1. The van der Waals surface area contributed by atoms with Crippen LogP contribution in [0.25, 0.3) is 0 Å². The van der Waals surface area contributed by atoms with Gasteiger partial charge < -0.3 is 10.1 Å². The fourth-order valence-electron chi connectivity index (χ4n) is 3.62. The Morgan fingerprint density at radius 3 is 2.34 bits per heavy atom. The summed E-state index contributed by atoms with van der Waals surface area (Å²) in [5.74, 6) is -0.287. The lowest BCUT2D eigenvalue weighted by Crippen LogP contribution is -2.45. The van der Waals surface area contributed by atoms with Gasteiger partial charge in [0.2, 0.25) is 15.9 Å². The van der Waals surface area contributed by atoms with Crippen molar-refractivity contribution < 1.29 is 17.9 Å². The number of benzene rings is 3. The van der Waals surface area contributed by atoms with Crippen LogP contribution in [0, 0.1) is 0 Å². The number of sulfonamides is 1. The smallest absolute Gasteiger partial charge is 0.245 e. The zero-order chi connectivity index (χ0) is 25.3. The lowest BCUT2D eigenvalue weighted by molar-refractivity contribution is -0.117. The number of anilines is 1. The van der Waals surface area contributed by atoms with Crippen LogP contribution in [0.2, 0.25) is 5.02 Å². The van der Waals surface area contributed by atoms with Gasteiger partial charge >= 0.3 is 0 Å². The van der Waals surface area contributed by atoms with Crippen molar-refractivity contribution in [1.29, 1.82) is 0 Å². The number of unbranched alkanes of at least 4 members (excludes halogenated alkanes) is 1. The number of amides is 1. The third-order valence-corrected chi connectivity index (χ3v) is 7.16. The van der Waals surface area contributed by atoms with Crippen LogP contribution in [0.1, 0.15) is 37.8 Å². The lowest BCUT2D eigenvalue weighted by atomic mass is 10.1. The number of halogens is 1. The average Bonchev–Trinajstić information content (AvgIpc) is 2.85. The van der Waals surface area contributed by atoms with Gasteiger partial charge in [-0.2, -0.15) is 4.72 Å². The largest absolute Gasteiger partial charge is 0.492 e. The lowest BCUT2D eigenvalue weighted by Gasteiger charge is -2.20. The first-order valence-electron chi connectivity index (χ1n) is 11.7. The number of hydrogen-bond donors (Lipinski definition) is 2. The molecular weight excluding hydrogens is 484 g/mol. The molecule has 0 aliphatic carbocycles. The summed E-state index contributed by atoms with van der Waals surface area (Å²) in [6, 6.07) is 20.2. The van der Waals surface area contributed by atoms with E-state index in [9.17, 15) is 13.2 Å². The van der Waals surface area contributed by atoms with Crippen molar-refractivity contribution in [2.45, 2.75) is 50.5 Å². The molecule has 0 fully saturated rings. The summed E-state index contributed by atoms with van der Waals surface area (Å²) in [5, 5.41) is 3.10. The van der Waals surface area contributed by atoms with E-state index in [4.69, 9.17) is 16.3 Å². The van der Waals surface area contributed by atoms with Crippen molar-refractivity contribution >= 4 is 33.2 Å². The van der Waals surface area contributed by atoms with Gasteiger partial charge in [-0.15, -0.1) is 0 Å². The molecule has 0 heterocycles. The molecule has 0 spiro atoms. The average molecular weight is 515 g/mol. The van der Waals surface area contributed by atoms with Gasteiger partial charge in [-0.05, 0) is 67.6 Å². The van der Waals surface area contributed by atoms with Gasteiger partial charge in [0.15, 0.2) is 0 Å². The van der Waals surface area contributed by atoms with Crippen LogP contribution in [-0.4, -0.2) is 27.0 Å². The Labute approximate surface area is 212 Å². The minimum Gasteiger partial charge on any atom is -0.492 e. The van der Waals surface area contributed by atoms with E-state index in [0.717, 1.165) is 24.8 Å². The van der Waals surface area contributed by atoms with E-state index in [1.807, 2.05) is 54.6 Å². The first-order valence-corrected chi connectivity index (χ1v) is 13.6. The summed E-state index contributed by atoms with van der Waals surface area (Å²) < 4.78 is 34.8. The standard InChI is InChI=1S/C27H31ClN2O4S/c1-3-5-9-20-12-15-23(16-13-20)29-27(31)24(18-21-10-7-6-8-11-21)30-35(32,33)26-19-22(28)14-17-25(26)34-4-2/h6-8,10-17,19,24,30H,3-5,9,18H2,1-2H3,(H,29,31). The molecule has 0 aliphatic rings. The number of aryl methyl sites for hydroxylation is 1. The summed E-state index contributed by atoms with van der Waals surface area (Å²) in [6.07, 6.45) is 3.35. The molecule has 6 nitrogen and oxygen atoms in total. The van der Waals surface area contributed by atoms with E-state index >= 15 is 0 Å². The quantitative estimate of drug-likeness (QED) is 0.329. The maximum atomic E-state index is 13.4. The Kier molecular flexibility index (Phi) is 9.72. The van der Waals surface area contributed by atoms with Crippen LogP contribution >= 0.6 is 11.6 Å². The molecule has 1 amide bonds. The van der Waals surface area contributed by atoms with Gasteiger partial charge in [0.1, 0.15) is 16.7 Å². The highest BCUT2D eigenvalue weighted by Gasteiger charge is 2.28. The van der Waals surface area contributed by atoms with Crippen molar-refractivity contribution in [3.8, 4) is 5.75 Å². The molecule has 0 saturated heterocycles. The van der Waals surface area contributed by atoms with Gasteiger partial charge in [0, 0.05) is 10.7 Å². The van der Waals surface area contributed by atoms with Gasteiger partial charge in [-0.1, -0.05) is 67.4 Å². The molecular formula is C27H31ClN2O4S. The van der Waals surface area contributed by atoms with Crippen LogP contribution in [0.4, 0.5) is 5.69 Å². The highest BCUT2D eigenvalue weighted by atomic mass is 35.5. The summed E-state index contributed by atoms with van der Waals surface area (Å²) in [6.45, 7) is 4.19. The normalized spacial score (nSPS) is 12.2. The monoisotopic (exact) mass is 514 g/mol. The van der Waals surface area contributed by atoms with Crippen molar-refractivity contribution in [3.05, 3.63) is 88.9 Å². The maximum Gasteiger partial charge on any atom is 0.245 e. The predicted molar refractivity (Wildman–Crippen MR) is 141 cm³/mol. The van der Waals surface area contributed by atoms with Crippen molar-refractivity contribution in [2.75, 3.05) is 11.9 Å². The molecule has 0 saturated carbocycles. The molecule has 2 N–H and O–H groups in total. The molecule has 3 aromatic rings. The van der Waals surface area contributed by atoms with Crippen molar-refractivity contribution in [3.63, 3.8) is 0 Å². The minimum absolute atomic E-state index is 0.113. The molecule has 0 radical (unpaired) electrons. The first kappa shape index (κ1) is 26.7. The van der Waals surface area contributed by atoms with Crippen LogP contribution in [0.3, 0.4) is 0 Å². The second-order valence-electron chi connectivity index (χ2n) is 8.18. The molecule has 0 aliphatic heterocycles. The van der Waals surface area contributed by atoms with Crippen LogP contribution in [0.15, 0.2) is 77.7 Å². The zero-order valence-corrected chi connectivity index (χ0v) is 21.5. The van der Waals surface area contributed by atoms with Gasteiger partial charge in [0.25, 0.3) is 0 Å². The second kappa shape index (κ2) is 12.7. The Bertz CT molecular complexity index is 1220. The highest BCUT2D eigenvalue weighted by Crippen LogP contribution is 2.28. The molecule has 1 atom stereocenters. The number of ether oxygens (including phenoxy) is 1. The van der Waals surface area contributed by atoms with E-state index < -0.39 is 22.0 Å². The zero-order valence-electron chi connectivity index (χ0n) is 20.0. The van der Waals surface area contributed by atoms with Gasteiger partial charge in [-0.3, -0.25) is 4.79 Å². The molecule has 0 bridgehead atoms. The molecule has 186 valence electrons. The molecule has 3 aromatic carbocycles. The molecule has 8 heteroatoms. The predicted octanol–water partition coefficient (Wildman–Crippen LogP) is 5.61. The maximum absolute atomic E-state index is 13.4. The topological polar surface area (TPSA) is 84.5 Å². The van der Waals surface area contributed by atoms with Crippen molar-refractivity contribution in [1.82, 2.24) is 4.72 Å². The van der Waals surface area contributed by atoms with Gasteiger partial charge in [-0.25, -0.2) is 8.42 Å². The van der Waals surface area contributed by atoms with E-state index in [1.165, 1.54) is 17.7 Å². The van der Waals surface area contributed by atoms with Crippen LogP contribution in [0.5, 0.6) is 5.75 Å². The Morgan fingerprint density at radius 2 is 1.69 bits per heavy atom. The second-order valence-corrected chi connectivity index (χ2v) is 10.3. The number of carbonyl (C=O) groups is 1. The van der Waals surface area contributed by atoms with E-state index in [0.29, 0.717) is 5.69 Å². The highest BCUT2D eigenvalue weighted by molar-refractivity contribution is 7.89. The number of rotatable bonds is 12. The molecule has 0 aromatic heterocycles. The van der Waals surface area contributed by atoms with E-state index in [1.54, 1.807) is 13.0 Å². The first-order chi connectivity index (χ1) is 16.8. The Balaban J connectivity index is 1.86. The Morgan fingerprint density at radius 1 is 0.971 bits per heavy atom. The number of nitrogens with one attached hydrogen (secondary N) is 2. The number of carbonyl (C=O) groups excluding carboxylic acids is 1. The minimum atomic E-state index is -4.13. The third-order valence-electron chi connectivity index (χ3n) is 5.43. The summed E-state index contributed by atoms with van der Waals surface area (Å²) in [7, 11) is -4.13. The molecule has 3 rings (SSSR count). The fraction of sp³-hybridized carbons (Fsp3) is 0.296. The van der Waals surface area contributed by atoms with Crippen molar-refractivity contribution in [2.24, 2.45) is 0 Å². The third kappa shape index (κ3) is 7.82. The molecule has 35 heavy (non-hydrogen) atoms. The fourth-order valence-corrected chi connectivity index (χ4v) is 5.22. The van der Waals surface area contributed by atoms with Crippen LogP contribution in [-0.2, 0) is 27.7 Å². The Hall–Kier alpha value is -2.87. The number of hydrogen-bond acceptors (Lipinski definition) is 4. The molecule has 1 unspecified atom stereocenters. The van der Waals surface area contributed by atoms with Gasteiger partial charge in [0.05, 0.1) is 6.61 Å². The van der Waals surface area contributed by atoms with Crippen LogP contribution < -0.4 is 14.8 Å². The van der Waals surface area contributed by atoms with E-state index in [2.05, 4.69) is 17.0 Å². The summed E-state index contributed by atoms with van der Waals surface area (Å²) >= 11 is 6.08. The van der Waals surface area contributed by atoms with E-state index in [-0.39, 0.29) is 28.7 Å². The summed E-state index contributed by atoms with van der Waals surface area (Å²) in [5.41, 5.74) is 2.61. The summed E-state index contributed by atoms with van der Waals surface area (Å²) in [4.78, 5) is 13.2.